The van der Waals surface area contributed by atoms with Crippen LogP contribution in [0.2, 0.25) is 0 Å². The zero-order chi connectivity index (χ0) is 16.8. The molecule has 0 heterocycles. The molecule has 1 aliphatic rings. The fourth-order valence-electron chi connectivity index (χ4n) is 2.54. The van der Waals surface area contributed by atoms with Gasteiger partial charge in [-0.3, -0.25) is 4.79 Å². The Labute approximate surface area is 138 Å². The van der Waals surface area contributed by atoms with E-state index >= 15 is 0 Å². The van der Waals surface area contributed by atoms with E-state index in [9.17, 15) is 4.79 Å². The number of hydrogen-bond donors (Lipinski definition) is 2. The summed E-state index contributed by atoms with van der Waals surface area (Å²) in [6.45, 7) is 10.3. The largest absolute Gasteiger partial charge is 0.376 e. The maximum Gasteiger partial charge on any atom is 0.259 e. The van der Waals surface area contributed by atoms with Gasteiger partial charge in [0.25, 0.3) is 5.91 Å². The highest BCUT2D eigenvalue weighted by Gasteiger charge is 2.18. The molecule has 0 aliphatic heterocycles. The van der Waals surface area contributed by atoms with Crippen LogP contribution in [0.1, 0.15) is 32.3 Å². The van der Waals surface area contributed by atoms with Crippen LogP contribution in [0.3, 0.4) is 0 Å². The fourth-order valence-corrected chi connectivity index (χ4v) is 2.54. The van der Waals surface area contributed by atoms with Gasteiger partial charge in [0.1, 0.15) is 0 Å². The minimum Gasteiger partial charge on any atom is -0.376 e. The van der Waals surface area contributed by atoms with Gasteiger partial charge in [-0.2, -0.15) is 5.10 Å². The molecular weight excluding hydrogens is 286 g/mol. The summed E-state index contributed by atoms with van der Waals surface area (Å²) in [7, 11) is 0. The summed E-state index contributed by atoms with van der Waals surface area (Å²) in [5.74, 6) is 0.269. The molecule has 1 aromatic rings. The Bertz CT molecular complexity index is 658. The predicted molar refractivity (Wildman–Crippen MR) is 96.5 cm³/mol. The first-order valence-corrected chi connectivity index (χ1v) is 7.94. The number of carbonyl (C=O) groups is 1. The summed E-state index contributed by atoms with van der Waals surface area (Å²) in [5, 5.41) is 7.43. The van der Waals surface area contributed by atoms with Crippen molar-refractivity contribution in [3.63, 3.8) is 0 Å². The van der Waals surface area contributed by atoms with E-state index in [0.717, 1.165) is 41.0 Å². The van der Waals surface area contributed by atoms with Crippen molar-refractivity contribution in [2.24, 2.45) is 11.0 Å². The molecule has 4 nitrogen and oxygen atoms in total. The van der Waals surface area contributed by atoms with E-state index in [-0.39, 0.29) is 12.5 Å². The van der Waals surface area contributed by atoms with Gasteiger partial charge in [-0.25, -0.2) is 5.43 Å². The lowest BCUT2D eigenvalue weighted by Gasteiger charge is -2.22. The van der Waals surface area contributed by atoms with Gasteiger partial charge in [-0.05, 0) is 56.7 Å². The second-order valence-electron chi connectivity index (χ2n) is 6.13. The molecule has 4 heteroatoms. The number of para-hydroxylation sites is 1. The Morgan fingerprint density at radius 3 is 2.78 bits per heavy atom. The van der Waals surface area contributed by atoms with Crippen LogP contribution in [-0.4, -0.2) is 18.2 Å². The number of anilines is 1. The highest BCUT2D eigenvalue weighted by atomic mass is 16.2. The minimum atomic E-state index is -0.147. The smallest absolute Gasteiger partial charge is 0.259 e. The van der Waals surface area contributed by atoms with E-state index in [1.54, 1.807) is 0 Å². The number of hydrogen-bond acceptors (Lipinski definition) is 3. The molecule has 23 heavy (non-hydrogen) atoms. The molecule has 122 valence electrons. The standard InChI is InChI=1S/C19H25N3O/c1-13(2)16-10-9-15(4)18(11-16)21-22-19(23)12-20-17-8-6-5-7-14(17)3/h5-9,16,20H,1,10-12H2,2-4H3,(H,22,23)/b21-18-/t16-/m1/s1. The first-order valence-electron chi connectivity index (χ1n) is 7.94. The highest BCUT2D eigenvalue weighted by molar-refractivity contribution is 6.01. The number of aryl methyl sites for hydroxylation is 1. The average Bonchev–Trinajstić information content (AvgIpc) is 2.53. The van der Waals surface area contributed by atoms with Crippen molar-refractivity contribution in [1.29, 1.82) is 0 Å². The molecule has 0 spiro atoms. The van der Waals surface area contributed by atoms with Crippen molar-refractivity contribution in [3.8, 4) is 0 Å². The second kappa shape index (κ2) is 7.77. The summed E-state index contributed by atoms with van der Waals surface area (Å²) in [4.78, 5) is 12.0. The quantitative estimate of drug-likeness (QED) is 0.642. The molecule has 2 rings (SSSR count). The van der Waals surface area contributed by atoms with Gasteiger partial charge >= 0.3 is 0 Å². The summed E-state index contributed by atoms with van der Waals surface area (Å²) < 4.78 is 0. The van der Waals surface area contributed by atoms with Crippen LogP contribution in [0.5, 0.6) is 0 Å². The number of allylic oxidation sites excluding steroid dienone is 3. The summed E-state index contributed by atoms with van der Waals surface area (Å²) in [5.41, 5.74) is 7.96. The molecule has 1 amide bonds. The van der Waals surface area contributed by atoms with Crippen molar-refractivity contribution < 1.29 is 4.79 Å². The lowest BCUT2D eigenvalue weighted by molar-refractivity contribution is -0.119. The van der Waals surface area contributed by atoms with Crippen LogP contribution in [0.15, 0.2) is 53.2 Å². The molecular formula is C19H25N3O. The van der Waals surface area contributed by atoms with Gasteiger partial charge in [-0.1, -0.05) is 36.4 Å². The second-order valence-corrected chi connectivity index (χ2v) is 6.13. The zero-order valence-corrected chi connectivity index (χ0v) is 14.1. The minimum absolute atomic E-state index is 0.147. The van der Waals surface area contributed by atoms with Crippen molar-refractivity contribution in [1.82, 2.24) is 5.43 Å². The molecule has 1 aromatic carbocycles. The topological polar surface area (TPSA) is 53.5 Å². The van der Waals surface area contributed by atoms with Gasteiger partial charge < -0.3 is 5.32 Å². The summed E-state index contributed by atoms with van der Waals surface area (Å²) in [6, 6.07) is 7.89. The number of carbonyl (C=O) groups excluding carboxylic acids is 1. The lowest BCUT2D eigenvalue weighted by Crippen LogP contribution is -2.28. The molecule has 1 aliphatic carbocycles. The summed E-state index contributed by atoms with van der Waals surface area (Å²) in [6.07, 6.45) is 4.01. The molecule has 0 aromatic heterocycles. The van der Waals surface area contributed by atoms with E-state index in [2.05, 4.69) is 28.5 Å². The van der Waals surface area contributed by atoms with Crippen molar-refractivity contribution >= 4 is 17.3 Å². The van der Waals surface area contributed by atoms with Crippen LogP contribution >= 0.6 is 0 Å². The third kappa shape index (κ3) is 4.81. The number of nitrogens with one attached hydrogen (secondary N) is 2. The van der Waals surface area contributed by atoms with Crippen LogP contribution in [0.25, 0.3) is 0 Å². The van der Waals surface area contributed by atoms with E-state index in [0.29, 0.717) is 5.92 Å². The van der Waals surface area contributed by atoms with E-state index in [4.69, 9.17) is 0 Å². The van der Waals surface area contributed by atoms with Crippen molar-refractivity contribution in [3.05, 3.63) is 53.6 Å². The van der Waals surface area contributed by atoms with Gasteiger partial charge in [0.2, 0.25) is 0 Å². The zero-order valence-electron chi connectivity index (χ0n) is 14.1. The van der Waals surface area contributed by atoms with E-state index in [1.165, 1.54) is 0 Å². The fraction of sp³-hybridized carbons (Fsp3) is 0.368. The molecule has 0 fully saturated rings. The number of amides is 1. The Morgan fingerprint density at radius 2 is 2.09 bits per heavy atom. The highest BCUT2D eigenvalue weighted by Crippen LogP contribution is 2.26. The molecule has 0 saturated carbocycles. The van der Waals surface area contributed by atoms with Gasteiger partial charge in [0.05, 0.1) is 12.3 Å². The maximum absolute atomic E-state index is 12.0. The number of benzene rings is 1. The normalized spacial score (nSPS) is 19.2. The van der Waals surface area contributed by atoms with Crippen LogP contribution in [-0.2, 0) is 4.79 Å². The third-order valence-corrected chi connectivity index (χ3v) is 4.20. The number of rotatable bonds is 5. The van der Waals surface area contributed by atoms with Crippen LogP contribution < -0.4 is 10.7 Å². The van der Waals surface area contributed by atoms with E-state index in [1.807, 2.05) is 45.0 Å². The third-order valence-electron chi connectivity index (χ3n) is 4.20. The lowest BCUT2D eigenvalue weighted by atomic mass is 9.85. The molecule has 2 N–H and O–H groups in total. The number of nitrogens with zero attached hydrogens (tertiary/aromatic N) is 1. The SMILES string of the molecule is C=C(C)[C@@H]1CC=C(C)/C(=N\NC(=O)CNc2ccccc2C)C1. The maximum atomic E-state index is 12.0. The monoisotopic (exact) mass is 311 g/mol. The van der Waals surface area contributed by atoms with E-state index < -0.39 is 0 Å². The first-order chi connectivity index (χ1) is 11.0. The van der Waals surface area contributed by atoms with Gasteiger partial charge in [-0.15, -0.1) is 0 Å². The van der Waals surface area contributed by atoms with Crippen molar-refractivity contribution in [2.45, 2.75) is 33.6 Å². The van der Waals surface area contributed by atoms with Gasteiger partial charge in [0, 0.05) is 5.69 Å². The number of hydrazone groups is 1. The predicted octanol–water partition coefficient (Wildman–Crippen LogP) is 3.81. The van der Waals surface area contributed by atoms with Crippen molar-refractivity contribution in [2.75, 3.05) is 11.9 Å². The Hall–Kier alpha value is -2.36. The van der Waals surface area contributed by atoms with Gasteiger partial charge in [0.15, 0.2) is 0 Å². The van der Waals surface area contributed by atoms with Crippen LogP contribution in [0, 0.1) is 12.8 Å². The first kappa shape index (κ1) is 17.0. The molecule has 0 saturated heterocycles. The molecule has 0 bridgehead atoms. The summed E-state index contributed by atoms with van der Waals surface area (Å²) >= 11 is 0. The Morgan fingerprint density at radius 1 is 1.35 bits per heavy atom. The Kier molecular flexibility index (Phi) is 5.74. The molecule has 0 radical (unpaired) electrons. The van der Waals surface area contributed by atoms with Crippen LogP contribution in [0.4, 0.5) is 5.69 Å². The average molecular weight is 311 g/mol. The molecule has 1 atom stereocenters. The Balaban J connectivity index is 1.90. The molecule has 0 unspecified atom stereocenters.